The van der Waals surface area contributed by atoms with Gasteiger partial charge in [0.25, 0.3) is 0 Å². The minimum atomic E-state index is -2.64. The molecule has 0 spiro atoms. The highest BCUT2D eigenvalue weighted by atomic mass is 16.3. The van der Waals surface area contributed by atoms with Crippen LogP contribution in [0.4, 0.5) is 0 Å². The summed E-state index contributed by atoms with van der Waals surface area (Å²) in [6, 6.07) is 2.73. The number of carbonyl (C=O) groups is 4. The molecule has 1 amide bonds. The molecule has 0 saturated heterocycles. The van der Waals surface area contributed by atoms with Gasteiger partial charge in [-0.3, -0.25) is 19.2 Å². The van der Waals surface area contributed by atoms with Crippen molar-refractivity contribution in [1.82, 2.24) is 10.2 Å². The first kappa shape index (κ1) is 26.0. The Labute approximate surface area is 215 Å². The SMILES string of the molecule is CN(C)[C@H]1C(O)C(C(N)=O)C(=O)[C@]2(O)C(=O)C3C(=O)c4c(O)ccc(CNC5CCCC5)c4C[C@@H]3C[C@H]12. The van der Waals surface area contributed by atoms with E-state index in [4.69, 9.17) is 5.73 Å². The number of likely N-dealkylation sites (N-methyl/N-ethyl adjacent to an activating group) is 1. The van der Waals surface area contributed by atoms with Crippen LogP contribution >= 0.6 is 0 Å². The van der Waals surface area contributed by atoms with Crippen molar-refractivity contribution >= 4 is 23.3 Å². The monoisotopic (exact) mass is 513 g/mol. The Balaban J connectivity index is 1.55. The molecule has 3 saturated carbocycles. The number of nitrogens with zero attached hydrogens (tertiary/aromatic N) is 1. The number of phenols is 1. The van der Waals surface area contributed by atoms with Crippen molar-refractivity contribution in [2.24, 2.45) is 29.4 Å². The Kier molecular flexibility index (Phi) is 6.50. The largest absolute Gasteiger partial charge is 0.507 e. The number of aliphatic hydroxyl groups excluding tert-OH is 1. The van der Waals surface area contributed by atoms with Crippen LogP contribution in [0.15, 0.2) is 12.1 Å². The third-order valence-electron chi connectivity index (χ3n) is 9.21. The molecule has 7 atom stereocenters. The molecule has 0 heterocycles. The van der Waals surface area contributed by atoms with Crippen LogP contribution in [0, 0.1) is 23.7 Å². The Hall–Kier alpha value is -2.66. The van der Waals surface area contributed by atoms with Crippen LogP contribution in [0.3, 0.4) is 0 Å². The number of hydrogen-bond acceptors (Lipinski definition) is 9. The van der Waals surface area contributed by atoms with Crippen LogP contribution in [0.2, 0.25) is 0 Å². The molecule has 0 radical (unpaired) electrons. The summed E-state index contributed by atoms with van der Waals surface area (Å²) in [5, 5.41) is 36.8. The van der Waals surface area contributed by atoms with Gasteiger partial charge in [0.1, 0.15) is 11.7 Å². The molecule has 5 rings (SSSR count). The zero-order valence-corrected chi connectivity index (χ0v) is 21.1. The maximum absolute atomic E-state index is 13.8. The number of aliphatic hydroxyl groups is 2. The summed E-state index contributed by atoms with van der Waals surface area (Å²) in [6.45, 7) is 0.525. The van der Waals surface area contributed by atoms with Gasteiger partial charge in [0.2, 0.25) is 5.91 Å². The number of hydrogen-bond donors (Lipinski definition) is 5. The molecule has 200 valence electrons. The van der Waals surface area contributed by atoms with Crippen molar-refractivity contribution in [2.75, 3.05) is 14.1 Å². The number of ketones is 3. The van der Waals surface area contributed by atoms with E-state index in [0.29, 0.717) is 24.6 Å². The fourth-order valence-corrected chi connectivity index (χ4v) is 7.44. The minimum Gasteiger partial charge on any atom is -0.507 e. The summed E-state index contributed by atoms with van der Waals surface area (Å²) in [7, 11) is 3.26. The van der Waals surface area contributed by atoms with Crippen molar-refractivity contribution < 1.29 is 34.5 Å². The van der Waals surface area contributed by atoms with E-state index < -0.39 is 64.7 Å². The highest BCUT2D eigenvalue weighted by molar-refractivity contribution is 6.25. The van der Waals surface area contributed by atoms with Gasteiger partial charge in [-0.15, -0.1) is 0 Å². The lowest BCUT2D eigenvalue weighted by Gasteiger charge is -2.54. The number of benzene rings is 1. The van der Waals surface area contributed by atoms with Crippen LogP contribution in [0.1, 0.15) is 53.6 Å². The van der Waals surface area contributed by atoms with Crippen LogP contribution in [-0.4, -0.2) is 81.4 Å². The first-order valence-electron chi connectivity index (χ1n) is 13.0. The predicted octanol–water partition coefficient (Wildman–Crippen LogP) is -0.309. The van der Waals surface area contributed by atoms with Gasteiger partial charge in [0.05, 0.1) is 17.6 Å². The molecular formula is C27H35N3O7. The fraction of sp³-hybridized carbons (Fsp3) is 0.630. The molecule has 1 aromatic rings. The Bertz CT molecular complexity index is 1160. The van der Waals surface area contributed by atoms with Gasteiger partial charge in [-0.2, -0.15) is 0 Å². The molecule has 10 heteroatoms. The molecular weight excluding hydrogens is 478 g/mol. The minimum absolute atomic E-state index is 0.0567. The standard InChI is InChI=1S/C27H35N3O7/c1-30(2)21-16-10-13-9-15-12(11-29-14-5-3-4-6-14)7-8-17(31)19(15)22(32)18(13)24(34)27(16,37)25(35)20(23(21)33)26(28)36/h7-8,13-14,16,18,20-21,23,29,31,33,37H,3-6,9-11H2,1-2H3,(H2,28,36)/t13-,16-,18?,20?,21-,23?,27-/m1/s1. The lowest BCUT2D eigenvalue weighted by molar-refractivity contribution is -0.190. The number of carbonyl (C=O) groups excluding carboxylic acids is 4. The van der Waals surface area contributed by atoms with E-state index in [9.17, 15) is 34.5 Å². The number of primary amides is 1. The molecule has 3 fully saturated rings. The third kappa shape index (κ3) is 3.84. The number of nitrogens with two attached hydrogens (primary N) is 1. The van der Waals surface area contributed by atoms with Crippen molar-refractivity contribution in [3.8, 4) is 5.75 Å². The molecule has 0 aromatic heterocycles. The molecule has 6 N–H and O–H groups in total. The molecule has 0 bridgehead atoms. The van der Waals surface area contributed by atoms with Gasteiger partial charge in [-0.1, -0.05) is 18.9 Å². The molecule has 4 aliphatic rings. The molecule has 1 aromatic carbocycles. The maximum atomic E-state index is 13.8. The van der Waals surface area contributed by atoms with Gasteiger partial charge < -0.3 is 31.3 Å². The molecule has 4 aliphatic carbocycles. The van der Waals surface area contributed by atoms with Crippen LogP contribution < -0.4 is 11.1 Å². The molecule has 3 unspecified atom stereocenters. The summed E-state index contributed by atoms with van der Waals surface area (Å²) in [5.41, 5.74) is 4.37. The Morgan fingerprint density at radius 3 is 2.46 bits per heavy atom. The van der Waals surface area contributed by atoms with Crippen LogP contribution in [0.5, 0.6) is 5.75 Å². The van der Waals surface area contributed by atoms with Gasteiger partial charge in [-0.05, 0) is 62.9 Å². The fourth-order valence-electron chi connectivity index (χ4n) is 7.44. The number of rotatable bonds is 5. The van der Waals surface area contributed by atoms with E-state index in [2.05, 4.69) is 5.32 Å². The summed E-state index contributed by atoms with van der Waals surface area (Å²) in [6.07, 6.45) is 3.45. The van der Waals surface area contributed by atoms with Gasteiger partial charge in [0, 0.05) is 24.5 Å². The van der Waals surface area contributed by atoms with E-state index in [1.165, 1.54) is 18.9 Å². The summed E-state index contributed by atoms with van der Waals surface area (Å²) < 4.78 is 0. The summed E-state index contributed by atoms with van der Waals surface area (Å²) >= 11 is 0. The lowest BCUT2D eigenvalue weighted by atomic mass is 9.52. The molecule has 37 heavy (non-hydrogen) atoms. The highest BCUT2D eigenvalue weighted by Gasteiger charge is 2.69. The second kappa shape index (κ2) is 9.27. The van der Waals surface area contributed by atoms with Crippen molar-refractivity contribution in [3.63, 3.8) is 0 Å². The lowest BCUT2D eigenvalue weighted by Crippen LogP contribution is -2.75. The van der Waals surface area contributed by atoms with E-state index in [0.717, 1.165) is 18.4 Å². The van der Waals surface area contributed by atoms with E-state index in [1.807, 2.05) is 0 Å². The average molecular weight is 514 g/mol. The maximum Gasteiger partial charge on any atom is 0.230 e. The van der Waals surface area contributed by atoms with Crippen molar-refractivity contribution in [2.45, 2.75) is 68.9 Å². The summed E-state index contributed by atoms with van der Waals surface area (Å²) in [4.78, 5) is 54.6. The number of amides is 1. The van der Waals surface area contributed by atoms with Crippen molar-refractivity contribution in [1.29, 1.82) is 0 Å². The number of nitrogens with one attached hydrogen (secondary N) is 1. The average Bonchev–Trinajstić information content (AvgIpc) is 3.34. The van der Waals surface area contributed by atoms with Gasteiger partial charge in [-0.25, -0.2) is 0 Å². The van der Waals surface area contributed by atoms with Crippen LogP contribution in [0.25, 0.3) is 0 Å². The number of phenolic OH excluding ortho intramolecular Hbond substituents is 1. The molecule has 10 nitrogen and oxygen atoms in total. The number of aromatic hydroxyl groups is 1. The quantitative estimate of drug-likeness (QED) is 0.331. The van der Waals surface area contributed by atoms with Crippen molar-refractivity contribution in [3.05, 3.63) is 28.8 Å². The second-order valence-electron chi connectivity index (χ2n) is 11.4. The third-order valence-corrected chi connectivity index (χ3v) is 9.21. The Morgan fingerprint density at radius 2 is 1.84 bits per heavy atom. The zero-order chi connectivity index (χ0) is 26.8. The smallest absolute Gasteiger partial charge is 0.230 e. The Morgan fingerprint density at radius 1 is 1.16 bits per heavy atom. The normalized spacial score (nSPS) is 35.9. The second-order valence-corrected chi connectivity index (χ2v) is 11.4. The van der Waals surface area contributed by atoms with E-state index in [-0.39, 0.29) is 17.7 Å². The van der Waals surface area contributed by atoms with Gasteiger partial charge in [0.15, 0.2) is 23.0 Å². The molecule has 0 aliphatic heterocycles. The zero-order valence-electron chi connectivity index (χ0n) is 21.1. The predicted molar refractivity (Wildman–Crippen MR) is 131 cm³/mol. The number of fused-ring (bicyclic) bond motifs is 3. The number of Topliss-reactive ketones (excluding diaryl/α,β-unsaturated/α-hetero) is 3. The van der Waals surface area contributed by atoms with Crippen LogP contribution in [-0.2, 0) is 27.3 Å². The topological polar surface area (TPSA) is 170 Å². The van der Waals surface area contributed by atoms with E-state index >= 15 is 0 Å². The first-order valence-corrected chi connectivity index (χ1v) is 13.0. The highest BCUT2D eigenvalue weighted by Crippen LogP contribution is 2.51. The van der Waals surface area contributed by atoms with Gasteiger partial charge >= 0.3 is 0 Å². The van der Waals surface area contributed by atoms with E-state index in [1.54, 1.807) is 25.1 Å². The first-order chi connectivity index (χ1) is 17.5. The summed E-state index contributed by atoms with van der Waals surface area (Å²) in [5.74, 6) is -8.81.